The minimum Gasteiger partial charge on any atom is -0.465 e. The smallest absolute Gasteiger partial charge is 0.417 e. The Labute approximate surface area is 158 Å². The van der Waals surface area contributed by atoms with E-state index in [-0.39, 0.29) is 18.7 Å². The molecule has 2 amide bonds. The van der Waals surface area contributed by atoms with E-state index < -0.39 is 23.7 Å². The summed E-state index contributed by atoms with van der Waals surface area (Å²) in [6.45, 7) is 1.31. The second kappa shape index (κ2) is 7.75. The molecule has 1 aliphatic heterocycles. The molecule has 2 heterocycles. The number of rotatable bonds is 3. The summed E-state index contributed by atoms with van der Waals surface area (Å²) in [5.41, 5.74) is -0.967. The van der Waals surface area contributed by atoms with Gasteiger partial charge in [0, 0.05) is 26.2 Å². The molecule has 0 radical (unpaired) electrons. The number of benzene rings is 1. The van der Waals surface area contributed by atoms with Crippen LogP contribution in [0.25, 0.3) is 0 Å². The normalized spacial score (nSPS) is 14.7. The number of halogens is 3. The van der Waals surface area contributed by atoms with Gasteiger partial charge < -0.3 is 14.9 Å². The molecule has 1 aliphatic rings. The lowest BCUT2D eigenvalue weighted by Crippen LogP contribution is -2.49. The first-order chi connectivity index (χ1) is 13.3. The molecule has 1 aromatic heterocycles. The molecule has 0 atom stereocenters. The quantitative estimate of drug-likeness (QED) is 0.835. The molecule has 10 heteroatoms. The molecular formula is C18H17F3N4O3. The molecule has 0 saturated carbocycles. The molecule has 28 heavy (non-hydrogen) atoms. The number of hydrogen-bond donors (Lipinski definition) is 2. The van der Waals surface area contributed by atoms with Gasteiger partial charge in [0.1, 0.15) is 5.82 Å². The predicted octanol–water partition coefficient (Wildman–Crippen LogP) is 3.15. The van der Waals surface area contributed by atoms with Gasteiger partial charge in [0.15, 0.2) is 0 Å². The number of carbonyl (C=O) groups is 2. The first-order valence-electron chi connectivity index (χ1n) is 8.42. The van der Waals surface area contributed by atoms with E-state index in [4.69, 9.17) is 5.11 Å². The Hall–Kier alpha value is -3.30. The highest BCUT2D eigenvalue weighted by Gasteiger charge is 2.36. The summed E-state index contributed by atoms with van der Waals surface area (Å²) < 4.78 is 39.4. The number of carboxylic acid groups (broad SMARTS) is 1. The van der Waals surface area contributed by atoms with E-state index in [1.165, 1.54) is 29.3 Å². The summed E-state index contributed by atoms with van der Waals surface area (Å²) in [7, 11) is 0. The van der Waals surface area contributed by atoms with Crippen molar-refractivity contribution < 1.29 is 27.9 Å². The van der Waals surface area contributed by atoms with E-state index in [9.17, 15) is 22.8 Å². The summed E-state index contributed by atoms with van der Waals surface area (Å²) in [6, 6.07) is 7.96. The number of anilines is 2. The van der Waals surface area contributed by atoms with Crippen LogP contribution in [0, 0.1) is 0 Å². The van der Waals surface area contributed by atoms with Crippen LogP contribution in [0.5, 0.6) is 0 Å². The van der Waals surface area contributed by atoms with Crippen molar-refractivity contribution in [2.45, 2.75) is 6.18 Å². The maximum absolute atomic E-state index is 13.1. The van der Waals surface area contributed by atoms with Gasteiger partial charge in [-0.2, -0.15) is 13.2 Å². The highest BCUT2D eigenvalue weighted by molar-refractivity contribution is 5.96. The van der Waals surface area contributed by atoms with Crippen LogP contribution in [-0.4, -0.2) is 53.2 Å². The lowest BCUT2D eigenvalue weighted by molar-refractivity contribution is -0.138. The highest BCUT2D eigenvalue weighted by atomic mass is 19.4. The number of nitrogens with one attached hydrogen (secondary N) is 1. The fourth-order valence-electron chi connectivity index (χ4n) is 3.00. The van der Waals surface area contributed by atoms with Gasteiger partial charge in [-0.3, -0.25) is 10.1 Å². The van der Waals surface area contributed by atoms with Crippen molar-refractivity contribution in [3.8, 4) is 0 Å². The SMILES string of the molecule is O=C(O)Nc1ccc(N2CCN(C(=O)c3ccccc3C(F)(F)F)CC2)nc1. The van der Waals surface area contributed by atoms with Crippen LogP contribution < -0.4 is 10.2 Å². The van der Waals surface area contributed by atoms with Crippen molar-refractivity contribution in [2.24, 2.45) is 0 Å². The zero-order valence-corrected chi connectivity index (χ0v) is 14.6. The van der Waals surface area contributed by atoms with E-state index in [0.717, 1.165) is 6.07 Å². The van der Waals surface area contributed by atoms with E-state index in [1.54, 1.807) is 12.1 Å². The fraction of sp³-hybridized carbons (Fsp3) is 0.278. The van der Waals surface area contributed by atoms with Gasteiger partial charge in [0.25, 0.3) is 5.91 Å². The summed E-state index contributed by atoms with van der Waals surface area (Å²) in [5, 5.41) is 10.9. The van der Waals surface area contributed by atoms with Gasteiger partial charge in [-0.25, -0.2) is 9.78 Å². The number of nitrogens with zero attached hydrogens (tertiary/aromatic N) is 3. The van der Waals surface area contributed by atoms with Crippen LogP contribution >= 0.6 is 0 Å². The average molecular weight is 394 g/mol. The number of carbonyl (C=O) groups excluding carboxylic acids is 1. The van der Waals surface area contributed by atoms with Crippen molar-refractivity contribution in [1.29, 1.82) is 0 Å². The van der Waals surface area contributed by atoms with Gasteiger partial charge in [-0.15, -0.1) is 0 Å². The largest absolute Gasteiger partial charge is 0.465 e. The minimum atomic E-state index is -4.59. The minimum absolute atomic E-state index is 0.252. The third kappa shape index (κ3) is 4.33. The van der Waals surface area contributed by atoms with Crippen molar-refractivity contribution >= 4 is 23.5 Å². The number of hydrogen-bond acceptors (Lipinski definition) is 4. The molecule has 2 aromatic rings. The van der Waals surface area contributed by atoms with E-state index in [0.29, 0.717) is 24.6 Å². The lowest BCUT2D eigenvalue weighted by Gasteiger charge is -2.35. The Morgan fingerprint density at radius 1 is 1.04 bits per heavy atom. The van der Waals surface area contributed by atoms with Crippen LogP contribution in [0.15, 0.2) is 42.6 Å². The first-order valence-corrected chi connectivity index (χ1v) is 8.42. The van der Waals surface area contributed by atoms with Gasteiger partial charge in [-0.1, -0.05) is 12.1 Å². The van der Waals surface area contributed by atoms with Crippen molar-refractivity contribution in [3.63, 3.8) is 0 Å². The molecule has 1 aromatic carbocycles. The number of amides is 2. The fourth-order valence-corrected chi connectivity index (χ4v) is 3.00. The van der Waals surface area contributed by atoms with Crippen molar-refractivity contribution in [2.75, 3.05) is 36.4 Å². The molecule has 1 saturated heterocycles. The zero-order chi connectivity index (χ0) is 20.3. The van der Waals surface area contributed by atoms with Gasteiger partial charge >= 0.3 is 12.3 Å². The molecule has 3 rings (SSSR count). The Morgan fingerprint density at radius 3 is 2.29 bits per heavy atom. The number of aromatic nitrogens is 1. The molecule has 0 unspecified atom stereocenters. The second-order valence-corrected chi connectivity index (χ2v) is 6.16. The summed E-state index contributed by atoms with van der Waals surface area (Å²) in [5.74, 6) is -0.0553. The Balaban J connectivity index is 1.66. The maximum atomic E-state index is 13.1. The number of alkyl halides is 3. The van der Waals surface area contributed by atoms with Crippen LogP contribution in [-0.2, 0) is 6.18 Å². The number of pyridine rings is 1. The molecule has 1 fully saturated rings. The van der Waals surface area contributed by atoms with Crippen LogP contribution in [0.2, 0.25) is 0 Å². The van der Waals surface area contributed by atoms with Gasteiger partial charge in [0.2, 0.25) is 0 Å². The van der Waals surface area contributed by atoms with Crippen molar-refractivity contribution in [3.05, 3.63) is 53.7 Å². The molecule has 0 aliphatic carbocycles. The lowest BCUT2D eigenvalue weighted by atomic mass is 10.1. The standard InChI is InChI=1S/C18H17F3N4O3/c19-18(20,21)14-4-2-1-3-13(14)16(26)25-9-7-24(8-10-25)15-6-5-12(11-22-15)23-17(27)28/h1-6,11,23H,7-10H2,(H,27,28). The third-order valence-electron chi connectivity index (χ3n) is 4.35. The molecular weight excluding hydrogens is 377 g/mol. The topological polar surface area (TPSA) is 85.8 Å². The summed E-state index contributed by atoms with van der Waals surface area (Å²) in [6.07, 6.45) is -4.41. The molecule has 0 bridgehead atoms. The predicted molar refractivity (Wildman–Crippen MR) is 95.4 cm³/mol. The third-order valence-corrected chi connectivity index (χ3v) is 4.35. The van der Waals surface area contributed by atoms with Crippen molar-refractivity contribution in [1.82, 2.24) is 9.88 Å². The van der Waals surface area contributed by atoms with Crippen LogP contribution in [0.4, 0.5) is 29.5 Å². The highest BCUT2D eigenvalue weighted by Crippen LogP contribution is 2.32. The molecule has 0 spiro atoms. The summed E-state index contributed by atoms with van der Waals surface area (Å²) >= 11 is 0. The molecule has 2 N–H and O–H groups in total. The van der Waals surface area contributed by atoms with Crippen LogP contribution in [0.3, 0.4) is 0 Å². The second-order valence-electron chi connectivity index (χ2n) is 6.16. The molecule has 7 nitrogen and oxygen atoms in total. The first kappa shape index (κ1) is 19.5. The van der Waals surface area contributed by atoms with Gasteiger partial charge in [-0.05, 0) is 24.3 Å². The van der Waals surface area contributed by atoms with E-state index in [1.807, 2.05) is 4.90 Å². The number of piperazine rings is 1. The average Bonchev–Trinajstić information content (AvgIpc) is 2.67. The van der Waals surface area contributed by atoms with Gasteiger partial charge in [0.05, 0.1) is 23.0 Å². The molecule has 148 valence electrons. The van der Waals surface area contributed by atoms with Crippen LogP contribution in [0.1, 0.15) is 15.9 Å². The Kier molecular flexibility index (Phi) is 5.39. The monoisotopic (exact) mass is 394 g/mol. The van der Waals surface area contributed by atoms with E-state index >= 15 is 0 Å². The zero-order valence-electron chi connectivity index (χ0n) is 14.6. The Morgan fingerprint density at radius 2 is 1.71 bits per heavy atom. The summed E-state index contributed by atoms with van der Waals surface area (Å²) in [4.78, 5) is 30.6. The maximum Gasteiger partial charge on any atom is 0.417 e. The van der Waals surface area contributed by atoms with E-state index in [2.05, 4.69) is 10.3 Å². The Bertz CT molecular complexity index is 863.